The van der Waals surface area contributed by atoms with E-state index in [1.165, 1.54) is 12.1 Å². The average Bonchev–Trinajstić information content (AvgIpc) is 3.17. The minimum Gasteiger partial charge on any atom is -0.478 e. The summed E-state index contributed by atoms with van der Waals surface area (Å²) in [6.07, 6.45) is 2.12. The average molecular weight is 470 g/mol. The number of nitrogens with zero attached hydrogens (tertiary/aromatic N) is 3. The number of ether oxygens (including phenoxy) is 1. The van der Waals surface area contributed by atoms with Crippen molar-refractivity contribution in [3.63, 3.8) is 0 Å². The molecule has 0 spiro atoms. The van der Waals surface area contributed by atoms with E-state index in [1.54, 1.807) is 23.5 Å². The first-order chi connectivity index (χ1) is 15.6. The molecule has 1 saturated heterocycles. The number of rotatable bonds is 6. The van der Waals surface area contributed by atoms with E-state index in [9.17, 15) is 9.00 Å². The van der Waals surface area contributed by atoms with Gasteiger partial charge in [-0.2, -0.15) is 0 Å². The predicted molar refractivity (Wildman–Crippen MR) is 130 cm³/mol. The minimum absolute atomic E-state index is 0.106. The van der Waals surface area contributed by atoms with Crippen LogP contribution >= 0.6 is 0 Å². The van der Waals surface area contributed by atoms with Crippen LogP contribution in [0.5, 0.6) is 0 Å². The van der Waals surface area contributed by atoms with Crippen molar-refractivity contribution in [1.82, 2.24) is 9.55 Å². The number of carboxylic acids is 1. The number of anilines is 1. The molecule has 1 aliphatic heterocycles. The largest absolute Gasteiger partial charge is 0.478 e. The molecular formula is C25H31N3O4S. The number of carboxylic acid groups (broad SMARTS) is 1. The summed E-state index contributed by atoms with van der Waals surface area (Å²) in [5.74, 6) is 0.618. The molecule has 1 aromatic heterocycles. The zero-order valence-electron chi connectivity index (χ0n) is 19.6. The van der Waals surface area contributed by atoms with Crippen molar-refractivity contribution in [3.8, 4) is 0 Å². The van der Waals surface area contributed by atoms with Gasteiger partial charge >= 0.3 is 5.97 Å². The van der Waals surface area contributed by atoms with Gasteiger partial charge in [0.2, 0.25) is 0 Å². The summed E-state index contributed by atoms with van der Waals surface area (Å²) in [5.41, 5.74) is 2.82. The van der Waals surface area contributed by atoms with Crippen molar-refractivity contribution in [2.45, 2.75) is 50.5 Å². The van der Waals surface area contributed by atoms with Crippen molar-refractivity contribution in [1.29, 1.82) is 0 Å². The van der Waals surface area contributed by atoms with E-state index >= 15 is 0 Å². The Kier molecular flexibility index (Phi) is 6.59. The van der Waals surface area contributed by atoms with E-state index in [-0.39, 0.29) is 11.0 Å². The Morgan fingerprint density at radius 3 is 2.45 bits per heavy atom. The number of benzene rings is 2. The van der Waals surface area contributed by atoms with Crippen LogP contribution in [0, 0.1) is 5.92 Å². The maximum atomic E-state index is 13.1. The van der Waals surface area contributed by atoms with Crippen LogP contribution in [-0.4, -0.2) is 45.1 Å². The second-order valence-electron chi connectivity index (χ2n) is 9.60. The molecule has 0 bridgehead atoms. The van der Waals surface area contributed by atoms with Crippen molar-refractivity contribution in [2.24, 2.45) is 5.92 Å². The van der Waals surface area contributed by atoms with E-state index in [1.807, 2.05) is 12.1 Å². The highest BCUT2D eigenvalue weighted by molar-refractivity contribution is 7.86. The van der Waals surface area contributed by atoms with Gasteiger partial charge in [0.05, 0.1) is 27.2 Å². The minimum atomic E-state index is -1.47. The molecule has 2 aromatic carbocycles. The molecular weight excluding hydrogens is 438 g/mol. The molecule has 176 valence electrons. The third-order valence-corrected chi connectivity index (χ3v) is 7.48. The number of fused-ring (bicyclic) bond motifs is 1. The molecule has 0 saturated carbocycles. The van der Waals surface area contributed by atoms with Gasteiger partial charge in [-0.25, -0.2) is 14.0 Å². The second-order valence-corrected chi connectivity index (χ2v) is 11.1. The molecule has 0 radical (unpaired) electrons. The van der Waals surface area contributed by atoms with Crippen LogP contribution < -0.4 is 4.31 Å². The fraction of sp³-hybridized carbons (Fsp3) is 0.440. The summed E-state index contributed by atoms with van der Waals surface area (Å²) in [7, 11) is 0.297. The van der Waals surface area contributed by atoms with Gasteiger partial charge in [-0.3, -0.25) is 4.31 Å². The predicted octanol–water partition coefficient (Wildman–Crippen LogP) is 4.62. The Bertz CT molecular complexity index is 1170. The van der Waals surface area contributed by atoms with Crippen molar-refractivity contribution in [2.75, 3.05) is 24.6 Å². The molecule has 1 fully saturated rings. The number of hydrogen-bond donors (Lipinski definition) is 1. The monoisotopic (exact) mass is 469 g/mol. The van der Waals surface area contributed by atoms with Crippen LogP contribution in [0.2, 0.25) is 0 Å². The molecule has 1 atom stereocenters. The standard InChI is InChI=1S/C25H31N3O4S/c1-25(2,3)24-26-21-15-19(7-10-22(21)28(24)16-17-11-13-32-14-12-17)27(4)33(31)20-8-5-18(6-9-20)23(29)30/h5-10,15,17H,11-14,16H2,1-4H3,(H,29,30). The molecule has 8 heteroatoms. The highest BCUT2D eigenvalue weighted by Crippen LogP contribution is 2.31. The summed E-state index contributed by atoms with van der Waals surface area (Å²) in [6, 6.07) is 12.1. The van der Waals surface area contributed by atoms with E-state index in [2.05, 4.69) is 31.4 Å². The lowest BCUT2D eigenvalue weighted by Crippen LogP contribution is -2.25. The lowest BCUT2D eigenvalue weighted by molar-refractivity contribution is 0.0611. The molecule has 33 heavy (non-hydrogen) atoms. The second kappa shape index (κ2) is 9.27. The lowest BCUT2D eigenvalue weighted by Gasteiger charge is -2.26. The first-order valence-electron chi connectivity index (χ1n) is 11.2. The van der Waals surface area contributed by atoms with Gasteiger partial charge in [0.15, 0.2) is 11.0 Å². The third kappa shape index (κ3) is 4.96. The number of imidazole rings is 1. The molecule has 1 unspecified atom stereocenters. The fourth-order valence-corrected chi connectivity index (χ4v) is 5.22. The van der Waals surface area contributed by atoms with Crippen LogP contribution in [-0.2, 0) is 27.7 Å². The highest BCUT2D eigenvalue weighted by Gasteiger charge is 2.26. The summed E-state index contributed by atoms with van der Waals surface area (Å²) < 4.78 is 22.7. The van der Waals surface area contributed by atoms with Gasteiger partial charge in [0.1, 0.15) is 5.82 Å². The van der Waals surface area contributed by atoms with Crippen molar-refractivity contribution in [3.05, 3.63) is 53.9 Å². The van der Waals surface area contributed by atoms with Gasteiger partial charge in [-0.05, 0) is 61.2 Å². The number of hydrogen-bond acceptors (Lipinski definition) is 4. The Hall–Kier alpha value is -2.71. The Labute approximate surface area is 197 Å². The molecule has 3 aromatic rings. The zero-order chi connectivity index (χ0) is 23.8. The summed E-state index contributed by atoms with van der Waals surface area (Å²) in [4.78, 5) is 16.6. The maximum absolute atomic E-state index is 13.1. The summed E-state index contributed by atoms with van der Waals surface area (Å²) in [6.45, 7) is 9.09. The van der Waals surface area contributed by atoms with Gasteiger partial charge in [-0.1, -0.05) is 20.8 Å². The van der Waals surface area contributed by atoms with Crippen LogP contribution in [0.25, 0.3) is 11.0 Å². The third-order valence-electron chi connectivity index (χ3n) is 6.10. The molecule has 7 nitrogen and oxygen atoms in total. The van der Waals surface area contributed by atoms with Gasteiger partial charge in [0, 0.05) is 32.2 Å². The number of aromatic carboxylic acids is 1. The summed E-state index contributed by atoms with van der Waals surface area (Å²) >= 11 is 0. The number of aromatic nitrogens is 2. The molecule has 1 N–H and O–H groups in total. The maximum Gasteiger partial charge on any atom is 0.335 e. The quantitative estimate of drug-likeness (QED) is 0.570. The van der Waals surface area contributed by atoms with Crippen LogP contribution in [0.4, 0.5) is 5.69 Å². The van der Waals surface area contributed by atoms with Crippen molar-refractivity contribution < 1.29 is 18.8 Å². The summed E-state index contributed by atoms with van der Waals surface area (Å²) in [5, 5.41) is 9.09. The van der Waals surface area contributed by atoms with E-state index in [0.29, 0.717) is 10.8 Å². The topological polar surface area (TPSA) is 84.7 Å². The fourth-order valence-electron chi connectivity index (χ4n) is 4.23. The first-order valence-corrected chi connectivity index (χ1v) is 12.3. The zero-order valence-corrected chi connectivity index (χ0v) is 20.4. The molecule has 0 aliphatic carbocycles. The lowest BCUT2D eigenvalue weighted by atomic mass is 9.94. The van der Waals surface area contributed by atoms with Gasteiger partial charge < -0.3 is 14.4 Å². The Balaban J connectivity index is 1.65. The first kappa shape index (κ1) is 23.4. The molecule has 0 amide bonds. The molecule has 2 heterocycles. The van der Waals surface area contributed by atoms with Crippen LogP contribution in [0.15, 0.2) is 47.4 Å². The van der Waals surface area contributed by atoms with Gasteiger partial charge in [0.25, 0.3) is 0 Å². The molecule has 1 aliphatic rings. The normalized spacial score (nSPS) is 16.1. The Morgan fingerprint density at radius 2 is 1.85 bits per heavy atom. The van der Waals surface area contributed by atoms with E-state index in [0.717, 1.165) is 55.1 Å². The van der Waals surface area contributed by atoms with Crippen LogP contribution in [0.1, 0.15) is 49.8 Å². The smallest absolute Gasteiger partial charge is 0.335 e. The Morgan fingerprint density at radius 1 is 1.18 bits per heavy atom. The molecule has 4 rings (SSSR count). The highest BCUT2D eigenvalue weighted by atomic mass is 32.2. The van der Waals surface area contributed by atoms with E-state index < -0.39 is 17.0 Å². The van der Waals surface area contributed by atoms with Crippen LogP contribution in [0.3, 0.4) is 0 Å². The SMILES string of the molecule is CN(c1ccc2c(c1)nc(C(C)(C)C)n2CC1CCOCC1)S(=O)c1ccc(C(=O)O)cc1. The van der Waals surface area contributed by atoms with E-state index in [4.69, 9.17) is 14.8 Å². The number of carbonyl (C=O) groups is 1. The van der Waals surface area contributed by atoms with Crippen molar-refractivity contribution >= 4 is 33.7 Å². The van der Waals surface area contributed by atoms with Gasteiger partial charge in [-0.15, -0.1) is 0 Å².